The highest BCUT2D eigenvalue weighted by Crippen LogP contribution is 2.27. The topological polar surface area (TPSA) is 34.5 Å². The number of nitrogens with zero attached hydrogens (tertiary/aromatic N) is 2. The van der Waals surface area contributed by atoms with Crippen LogP contribution < -0.4 is 0 Å². The van der Waals surface area contributed by atoms with Gasteiger partial charge in [-0.3, -0.25) is 4.79 Å². The molecule has 1 amide bonds. The van der Waals surface area contributed by atoms with E-state index in [4.69, 9.17) is 16.3 Å². The fourth-order valence-corrected chi connectivity index (χ4v) is 3.98. The summed E-state index contributed by atoms with van der Waals surface area (Å²) in [6.07, 6.45) is 4.47. The number of benzene rings is 2. The van der Waals surface area contributed by atoms with Crippen LogP contribution in [0, 0.1) is 0 Å². The van der Waals surface area contributed by atoms with Crippen molar-refractivity contribution in [3.05, 3.63) is 95.3 Å². The van der Waals surface area contributed by atoms with Gasteiger partial charge in [0.15, 0.2) is 0 Å². The number of ether oxygens (including phenoxy) is 1. The monoisotopic (exact) mass is 408 g/mol. The Morgan fingerprint density at radius 1 is 1.03 bits per heavy atom. The van der Waals surface area contributed by atoms with Crippen molar-refractivity contribution in [3.8, 4) is 0 Å². The molecule has 1 aliphatic heterocycles. The van der Waals surface area contributed by atoms with Crippen molar-refractivity contribution < 1.29 is 9.53 Å². The van der Waals surface area contributed by atoms with Crippen LogP contribution in [0.2, 0.25) is 5.02 Å². The van der Waals surface area contributed by atoms with E-state index in [1.165, 1.54) is 0 Å². The lowest BCUT2D eigenvalue weighted by Gasteiger charge is -2.34. The van der Waals surface area contributed by atoms with Crippen LogP contribution in [0.5, 0.6) is 0 Å². The van der Waals surface area contributed by atoms with Crippen LogP contribution in [-0.2, 0) is 16.1 Å². The first-order chi connectivity index (χ1) is 14.2. The quantitative estimate of drug-likeness (QED) is 0.580. The van der Waals surface area contributed by atoms with E-state index in [1.54, 1.807) is 0 Å². The van der Waals surface area contributed by atoms with E-state index in [9.17, 15) is 4.79 Å². The molecule has 2 unspecified atom stereocenters. The van der Waals surface area contributed by atoms with Crippen molar-refractivity contribution in [1.29, 1.82) is 0 Å². The molecule has 150 valence electrons. The van der Waals surface area contributed by atoms with Gasteiger partial charge in [0.25, 0.3) is 0 Å². The van der Waals surface area contributed by atoms with E-state index < -0.39 is 0 Å². The molecule has 3 aromatic rings. The highest BCUT2D eigenvalue weighted by atomic mass is 35.5. The lowest BCUT2D eigenvalue weighted by atomic mass is 9.94. The fraction of sp³-hybridized carbons (Fsp3) is 0.292. The molecular formula is C24H25ClN2O2. The predicted octanol–water partition coefficient (Wildman–Crippen LogP) is 4.92. The van der Waals surface area contributed by atoms with Crippen molar-refractivity contribution >= 4 is 17.5 Å². The minimum atomic E-state index is -0.0627. The standard InChI is InChI=1S/C24H25ClN2O2/c25-22-10-8-19(9-11-22)21(17-26-12-4-5-13-26)16-24(28)27-14-15-29-23(18-27)20-6-2-1-3-7-20/h1-13,21,23H,14-18H2. The lowest BCUT2D eigenvalue weighted by molar-refractivity contribution is -0.139. The summed E-state index contributed by atoms with van der Waals surface area (Å²) in [6, 6.07) is 22.0. The molecule has 0 aliphatic carbocycles. The highest BCUT2D eigenvalue weighted by Gasteiger charge is 2.27. The number of hydrogen-bond acceptors (Lipinski definition) is 2. The molecule has 1 aliphatic rings. The molecule has 5 heteroatoms. The molecule has 0 spiro atoms. The van der Waals surface area contributed by atoms with Gasteiger partial charge in [0, 0.05) is 42.8 Å². The van der Waals surface area contributed by atoms with E-state index in [-0.39, 0.29) is 17.9 Å². The Morgan fingerprint density at radius 3 is 2.48 bits per heavy atom. The van der Waals surface area contributed by atoms with E-state index in [0.717, 1.165) is 17.7 Å². The first-order valence-electron chi connectivity index (χ1n) is 9.99. The summed E-state index contributed by atoms with van der Waals surface area (Å²) < 4.78 is 8.04. The van der Waals surface area contributed by atoms with Gasteiger partial charge in [0.05, 0.1) is 13.2 Å². The van der Waals surface area contributed by atoms with Crippen molar-refractivity contribution in [1.82, 2.24) is 9.47 Å². The Balaban J connectivity index is 1.47. The second-order valence-corrected chi connectivity index (χ2v) is 7.88. The molecule has 2 heterocycles. The summed E-state index contributed by atoms with van der Waals surface area (Å²) in [6.45, 7) is 2.56. The molecule has 4 nitrogen and oxygen atoms in total. The third kappa shape index (κ3) is 5.08. The highest BCUT2D eigenvalue weighted by molar-refractivity contribution is 6.30. The smallest absolute Gasteiger partial charge is 0.223 e. The van der Waals surface area contributed by atoms with Crippen molar-refractivity contribution in [3.63, 3.8) is 0 Å². The zero-order valence-electron chi connectivity index (χ0n) is 16.3. The number of hydrogen-bond donors (Lipinski definition) is 0. The molecule has 0 saturated carbocycles. The maximum Gasteiger partial charge on any atom is 0.223 e. The molecule has 0 bridgehead atoms. The molecule has 1 saturated heterocycles. The average Bonchev–Trinajstić information content (AvgIpc) is 3.28. The molecule has 29 heavy (non-hydrogen) atoms. The van der Waals surface area contributed by atoms with Gasteiger partial charge in [-0.2, -0.15) is 0 Å². The van der Waals surface area contributed by atoms with Gasteiger partial charge in [-0.1, -0.05) is 54.1 Å². The van der Waals surface area contributed by atoms with Crippen molar-refractivity contribution in [2.24, 2.45) is 0 Å². The normalized spacial score (nSPS) is 17.8. The first kappa shape index (κ1) is 19.7. The maximum absolute atomic E-state index is 13.2. The van der Waals surface area contributed by atoms with E-state index in [2.05, 4.69) is 16.7 Å². The Bertz CT molecular complexity index is 910. The molecule has 0 N–H and O–H groups in total. The average molecular weight is 409 g/mol. The zero-order chi connectivity index (χ0) is 20.1. The molecule has 1 aromatic heterocycles. The van der Waals surface area contributed by atoms with E-state index in [1.807, 2.05) is 71.9 Å². The van der Waals surface area contributed by atoms with Gasteiger partial charge >= 0.3 is 0 Å². The third-order valence-corrected chi connectivity index (χ3v) is 5.70. The molecule has 2 atom stereocenters. The van der Waals surface area contributed by atoms with Crippen LogP contribution in [0.25, 0.3) is 0 Å². The van der Waals surface area contributed by atoms with Crippen LogP contribution in [-0.4, -0.2) is 35.1 Å². The summed E-state index contributed by atoms with van der Waals surface area (Å²) in [7, 11) is 0. The fourth-order valence-electron chi connectivity index (χ4n) is 3.85. The van der Waals surface area contributed by atoms with Crippen LogP contribution in [0.15, 0.2) is 79.1 Å². The summed E-state index contributed by atoms with van der Waals surface area (Å²) in [5.74, 6) is 0.256. The number of carbonyl (C=O) groups is 1. The second kappa shape index (κ2) is 9.29. The van der Waals surface area contributed by atoms with Crippen LogP contribution in [0.3, 0.4) is 0 Å². The van der Waals surface area contributed by atoms with E-state index in [0.29, 0.717) is 31.1 Å². The summed E-state index contributed by atoms with van der Waals surface area (Å²) in [4.78, 5) is 15.1. The summed E-state index contributed by atoms with van der Waals surface area (Å²) in [5, 5.41) is 0.707. The van der Waals surface area contributed by atoms with Crippen LogP contribution in [0.1, 0.15) is 29.6 Å². The maximum atomic E-state index is 13.2. The minimum absolute atomic E-state index is 0.0627. The number of halogens is 1. The van der Waals surface area contributed by atoms with Gasteiger partial charge in [0.2, 0.25) is 5.91 Å². The van der Waals surface area contributed by atoms with Gasteiger partial charge in [-0.15, -0.1) is 0 Å². The van der Waals surface area contributed by atoms with Crippen LogP contribution in [0.4, 0.5) is 0 Å². The molecule has 1 fully saturated rings. The van der Waals surface area contributed by atoms with Gasteiger partial charge < -0.3 is 14.2 Å². The first-order valence-corrected chi connectivity index (χ1v) is 10.4. The number of amides is 1. The van der Waals surface area contributed by atoms with Crippen LogP contribution >= 0.6 is 11.6 Å². The number of aromatic nitrogens is 1. The lowest BCUT2D eigenvalue weighted by Crippen LogP contribution is -2.42. The van der Waals surface area contributed by atoms with E-state index >= 15 is 0 Å². The number of rotatable bonds is 6. The number of carbonyl (C=O) groups excluding carboxylic acids is 1. The summed E-state index contributed by atoms with van der Waals surface area (Å²) in [5.41, 5.74) is 2.25. The van der Waals surface area contributed by atoms with Gasteiger partial charge in [0.1, 0.15) is 6.10 Å². The molecule has 2 aromatic carbocycles. The van der Waals surface area contributed by atoms with Crippen molar-refractivity contribution in [2.75, 3.05) is 19.7 Å². The Kier molecular flexibility index (Phi) is 6.33. The predicted molar refractivity (Wildman–Crippen MR) is 115 cm³/mol. The molecule has 0 radical (unpaired) electrons. The SMILES string of the molecule is O=C(CC(Cn1cccc1)c1ccc(Cl)cc1)N1CCOC(c2ccccc2)C1. The third-order valence-electron chi connectivity index (χ3n) is 5.45. The van der Waals surface area contributed by atoms with Gasteiger partial charge in [-0.05, 0) is 35.4 Å². The largest absolute Gasteiger partial charge is 0.370 e. The number of morpholine rings is 1. The minimum Gasteiger partial charge on any atom is -0.370 e. The summed E-state index contributed by atoms with van der Waals surface area (Å²) >= 11 is 6.07. The molecular weight excluding hydrogens is 384 g/mol. The zero-order valence-corrected chi connectivity index (χ0v) is 17.0. The Morgan fingerprint density at radius 2 is 1.76 bits per heavy atom. The van der Waals surface area contributed by atoms with Crippen molar-refractivity contribution in [2.45, 2.75) is 25.0 Å². The molecule has 4 rings (SSSR count). The Hall–Kier alpha value is -2.56. The Labute approximate surface area is 176 Å². The van der Waals surface area contributed by atoms with Gasteiger partial charge in [-0.25, -0.2) is 0 Å². The second-order valence-electron chi connectivity index (χ2n) is 7.44.